The highest BCUT2D eigenvalue weighted by Crippen LogP contribution is 2.19. The van der Waals surface area contributed by atoms with Crippen molar-refractivity contribution in [2.45, 2.75) is 26.0 Å². The highest BCUT2D eigenvalue weighted by molar-refractivity contribution is 14.0. The summed E-state index contributed by atoms with van der Waals surface area (Å²) < 4.78 is 5.09. The van der Waals surface area contributed by atoms with E-state index in [4.69, 9.17) is 4.42 Å². The number of aliphatic imine (C=N–C) groups is 1. The van der Waals surface area contributed by atoms with E-state index >= 15 is 0 Å². The molecule has 0 saturated heterocycles. The van der Waals surface area contributed by atoms with Gasteiger partial charge in [0.05, 0.1) is 19.4 Å². The van der Waals surface area contributed by atoms with Crippen molar-refractivity contribution in [2.75, 3.05) is 18.4 Å². The summed E-state index contributed by atoms with van der Waals surface area (Å²) in [5, 5.41) is 20.0. The van der Waals surface area contributed by atoms with E-state index in [1.54, 1.807) is 19.1 Å². The summed E-state index contributed by atoms with van der Waals surface area (Å²) in [5.74, 6) is 0.593. The van der Waals surface area contributed by atoms with Crippen molar-refractivity contribution in [2.24, 2.45) is 4.99 Å². The SMILES string of the molecule is CCNC(=NCc1ccc(NC(=O)c2ccco2)cc1)NCC(C)(O)c1ccccc1.I. The smallest absolute Gasteiger partial charge is 0.291 e. The van der Waals surface area contributed by atoms with Crippen LogP contribution in [0.5, 0.6) is 0 Å². The molecule has 1 aromatic heterocycles. The molecule has 170 valence electrons. The van der Waals surface area contributed by atoms with Gasteiger partial charge in [0.1, 0.15) is 5.60 Å². The molecule has 3 rings (SSSR count). The van der Waals surface area contributed by atoms with Gasteiger partial charge in [-0.15, -0.1) is 24.0 Å². The molecular formula is C24H29IN4O3. The number of anilines is 1. The van der Waals surface area contributed by atoms with Crippen molar-refractivity contribution in [3.63, 3.8) is 0 Å². The predicted molar refractivity (Wildman–Crippen MR) is 137 cm³/mol. The number of amides is 1. The summed E-state index contributed by atoms with van der Waals surface area (Å²) in [6.07, 6.45) is 1.46. The minimum atomic E-state index is -1.02. The fourth-order valence-corrected chi connectivity index (χ4v) is 2.96. The van der Waals surface area contributed by atoms with Gasteiger partial charge >= 0.3 is 0 Å². The number of guanidine groups is 1. The van der Waals surface area contributed by atoms with E-state index in [9.17, 15) is 9.90 Å². The van der Waals surface area contributed by atoms with Crippen LogP contribution in [0, 0.1) is 0 Å². The van der Waals surface area contributed by atoms with Crippen molar-refractivity contribution in [3.05, 3.63) is 89.9 Å². The topological polar surface area (TPSA) is 98.9 Å². The molecule has 7 nitrogen and oxygen atoms in total. The average molecular weight is 548 g/mol. The lowest BCUT2D eigenvalue weighted by Crippen LogP contribution is -2.44. The number of benzene rings is 2. The van der Waals surface area contributed by atoms with Crippen molar-refractivity contribution >= 4 is 41.5 Å². The van der Waals surface area contributed by atoms with Gasteiger partial charge < -0.3 is 25.5 Å². The maximum atomic E-state index is 12.0. The first kappa shape index (κ1) is 25.4. The molecule has 1 amide bonds. The highest BCUT2D eigenvalue weighted by atomic mass is 127. The summed E-state index contributed by atoms with van der Waals surface area (Å²) in [6.45, 7) is 5.24. The first-order chi connectivity index (χ1) is 15.0. The van der Waals surface area contributed by atoms with Gasteiger partial charge in [0.2, 0.25) is 0 Å². The number of aliphatic hydroxyl groups is 1. The Morgan fingerprint density at radius 2 is 1.75 bits per heavy atom. The number of nitrogens with zero attached hydrogens (tertiary/aromatic N) is 1. The van der Waals surface area contributed by atoms with Crippen molar-refractivity contribution in [3.8, 4) is 0 Å². The normalized spacial score (nSPS) is 12.9. The van der Waals surface area contributed by atoms with E-state index in [1.807, 2.05) is 61.5 Å². The lowest BCUT2D eigenvalue weighted by Gasteiger charge is -2.25. The van der Waals surface area contributed by atoms with Crippen molar-refractivity contribution < 1.29 is 14.3 Å². The lowest BCUT2D eigenvalue weighted by atomic mass is 9.96. The third-order valence-corrected chi connectivity index (χ3v) is 4.72. The van der Waals surface area contributed by atoms with Crippen molar-refractivity contribution in [1.82, 2.24) is 10.6 Å². The summed E-state index contributed by atoms with van der Waals surface area (Å²) in [5.41, 5.74) is 1.48. The number of carbonyl (C=O) groups is 1. The summed E-state index contributed by atoms with van der Waals surface area (Å²) >= 11 is 0. The molecule has 1 unspecified atom stereocenters. The van der Waals surface area contributed by atoms with E-state index in [-0.39, 0.29) is 35.6 Å². The fraction of sp³-hybridized carbons (Fsp3) is 0.250. The van der Waals surface area contributed by atoms with Gasteiger partial charge in [-0.1, -0.05) is 42.5 Å². The Hall–Kier alpha value is -2.85. The van der Waals surface area contributed by atoms with E-state index < -0.39 is 5.60 Å². The Bertz CT molecular complexity index is 988. The average Bonchev–Trinajstić information content (AvgIpc) is 3.32. The number of hydrogen-bond donors (Lipinski definition) is 4. The van der Waals surface area contributed by atoms with Crippen LogP contribution in [0.4, 0.5) is 5.69 Å². The molecular weight excluding hydrogens is 519 g/mol. The maximum Gasteiger partial charge on any atom is 0.291 e. The third kappa shape index (κ3) is 7.38. The molecule has 0 bridgehead atoms. The van der Waals surface area contributed by atoms with Crippen LogP contribution < -0.4 is 16.0 Å². The van der Waals surface area contributed by atoms with Crippen LogP contribution in [0.3, 0.4) is 0 Å². The van der Waals surface area contributed by atoms with Gasteiger partial charge in [-0.25, -0.2) is 4.99 Å². The van der Waals surface area contributed by atoms with Crippen LogP contribution in [-0.4, -0.2) is 30.1 Å². The van der Waals surface area contributed by atoms with E-state index in [2.05, 4.69) is 20.9 Å². The number of hydrogen-bond acceptors (Lipinski definition) is 4. The molecule has 4 N–H and O–H groups in total. The molecule has 32 heavy (non-hydrogen) atoms. The molecule has 0 fully saturated rings. The zero-order valence-electron chi connectivity index (χ0n) is 18.2. The molecule has 0 radical (unpaired) electrons. The second-order valence-electron chi connectivity index (χ2n) is 7.32. The minimum absolute atomic E-state index is 0. The molecule has 0 spiro atoms. The van der Waals surface area contributed by atoms with Crippen molar-refractivity contribution in [1.29, 1.82) is 0 Å². The lowest BCUT2D eigenvalue weighted by molar-refractivity contribution is 0.0617. The van der Waals surface area contributed by atoms with Gasteiger partial charge in [0.25, 0.3) is 5.91 Å². The van der Waals surface area contributed by atoms with Crippen LogP contribution in [-0.2, 0) is 12.1 Å². The zero-order valence-corrected chi connectivity index (χ0v) is 20.5. The van der Waals surface area contributed by atoms with Crippen LogP contribution in [0.25, 0.3) is 0 Å². The molecule has 8 heteroatoms. The second kappa shape index (κ2) is 12.3. The Labute approximate surface area is 205 Å². The van der Waals surface area contributed by atoms with E-state index in [0.29, 0.717) is 31.3 Å². The van der Waals surface area contributed by atoms with Crippen LogP contribution in [0.1, 0.15) is 35.5 Å². The number of furan rings is 1. The number of halogens is 1. The highest BCUT2D eigenvalue weighted by Gasteiger charge is 2.22. The molecule has 0 aliphatic rings. The Morgan fingerprint density at radius 1 is 1.03 bits per heavy atom. The van der Waals surface area contributed by atoms with Gasteiger partial charge in [-0.2, -0.15) is 0 Å². The maximum absolute atomic E-state index is 12.0. The number of nitrogens with one attached hydrogen (secondary N) is 3. The summed E-state index contributed by atoms with van der Waals surface area (Å²) in [7, 11) is 0. The molecule has 1 atom stereocenters. The molecule has 2 aromatic carbocycles. The molecule has 0 aliphatic carbocycles. The Balaban J connectivity index is 0.00000363. The number of rotatable bonds is 8. The zero-order chi connectivity index (χ0) is 22.1. The molecule has 0 saturated carbocycles. The minimum Gasteiger partial charge on any atom is -0.459 e. The van der Waals surface area contributed by atoms with Gasteiger partial charge in [-0.3, -0.25) is 4.79 Å². The molecule has 3 aromatic rings. The molecule has 1 heterocycles. The Morgan fingerprint density at radius 3 is 2.38 bits per heavy atom. The number of carbonyl (C=O) groups excluding carboxylic acids is 1. The standard InChI is InChI=1S/C24H28N4O3.HI/c1-3-25-23(27-17-24(2,30)19-8-5-4-6-9-19)26-16-18-11-13-20(14-12-18)28-22(29)21-10-7-15-31-21;/h4-15,30H,3,16-17H2,1-2H3,(H,28,29)(H2,25,26,27);1H. The Kier molecular flexibility index (Phi) is 9.73. The van der Waals surface area contributed by atoms with Gasteiger partial charge in [0, 0.05) is 12.2 Å². The predicted octanol–water partition coefficient (Wildman–Crippen LogP) is 4.11. The molecule has 0 aliphatic heterocycles. The summed E-state index contributed by atoms with van der Waals surface area (Å²) in [4.78, 5) is 16.6. The van der Waals surface area contributed by atoms with Crippen LogP contribution in [0.2, 0.25) is 0 Å². The second-order valence-corrected chi connectivity index (χ2v) is 7.32. The first-order valence-corrected chi connectivity index (χ1v) is 10.2. The largest absolute Gasteiger partial charge is 0.459 e. The van der Waals surface area contributed by atoms with Crippen LogP contribution >= 0.6 is 24.0 Å². The van der Waals surface area contributed by atoms with E-state index in [0.717, 1.165) is 11.1 Å². The van der Waals surface area contributed by atoms with Gasteiger partial charge in [0.15, 0.2) is 11.7 Å². The third-order valence-electron chi connectivity index (χ3n) is 4.72. The first-order valence-electron chi connectivity index (χ1n) is 10.2. The van der Waals surface area contributed by atoms with Crippen LogP contribution in [0.15, 0.2) is 82.4 Å². The van der Waals surface area contributed by atoms with E-state index in [1.165, 1.54) is 6.26 Å². The summed E-state index contributed by atoms with van der Waals surface area (Å²) in [6, 6.07) is 20.3. The quantitative estimate of drug-likeness (QED) is 0.193. The fourth-order valence-electron chi connectivity index (χ4n) is 2.96. The van der Waals surface area contributed by atoms with Gasteiger partial charge in [-0.05, 0) is 49.2 Å². The monoisotopic (exact) mass is 548 g/mol.